The van der Waals surface area contributed by atoms with Crippen LogP contribution in [0.3, 0.4) is 0 Å². The van der Waals surface area contributed by atoms with Crippen molar-refractivity contribution in [2.24, 2.45) is 5.92 Å². The standard InChI is InChI=1S/C14H25NO3/c16-13(9-17-10-14-2-1-5-18-14)8-15-7-11-3-4-12(15)6-11/h11-14,16H,1-10H2. The van der Waals surface area contributed by atoms with Crippen molar-refractivity contribution in [3.8, 4) is 0 Å². The third kappa shape index (κ3) is 3.05. The van der Waals surface area contributed by atoms with Crippen molar-refractivity contribution in [3.63, 3.8) is 0 Å². The van der Waals surface area contributed by atoms with E-state index in [2.05, 4.69) is 4.90 Å². The average molecular weight is 255 g/mol. The lowest BCUT2D eigenvalue weighted by Crippen LogP contribution is -2.40. The van der Waals surface area contributed by atoms with Crippen molar-refractivity contribution in [2.75, 3.05) is 32.9 Å². The van der Waals surface area contributed by atoms with Gasteiger partial charge in [-0.25, -0.2) is 0 Å². The average Bonchev–Trinajstić information content (AvgIpc) is 3.04. The minimum Gasteiger partial charge on any atom is -0.389 e. The van der Waals surface area contributed by atoms with Gasteiger partial charge in [-0.1, -0.05) is 0 Å². The second-order valence-electron chi connectivity index (χ2n) is 6.11. The molecule has 0 amide bonds. The third-order valence-electron chi connectivity index (χ3n) is 4.61. The lowest BCUT2D eigenvalue weighted by molar-refractivity contribution is -0.0273. The SMILES string of the molecule is OC(COCC1CCCO1)CN1CC2CCC1C2. The van der Waals surface area contributed by atoms with Crippen molar-refractivity contribution in [1.29, 1.82) is 0 Å². The predicted molar refractivity (Wildman–Crippen MR) is 68.5 cm³/mol. The number of fused-ring (bicyclic) bond motifs is 2. The molecule has 1 N–H and O–H groups in total. The molecule has 3 rings (SSSR count). The Bertz CT molecular complexity index is 268. The van der Waals surface area contributed by atoms with Crippen LogP contribution in [-0.4, -0.2) is 61.2 Å². The second-order valence-corrected chi connectivity index (χ2v) is 6.11. The molecule has 2 saturated heterocycles. The monoisotopic (exact) mass is 255 g/mol. The number of ether oxygens (including phenoxy) is 2. The fourth-order valence-electron chi connectivity index (χ4n) is 3.69. The van der Waals surface area contributed by atoms with E-state index in [4.69, 9.17) is 9.47 Å². The molecule has 0 spiro atoms. The van der Waals surface area contributed by atoms with Crippen molar-refractivity contribution in [2.45, 2.75) is 50.4 Å². The van der Waals surface area contributed by atoms with Crippen LogP contribution in [0.4, 0.5) is 0 Å². The van der Waals surface area contributed by atoms with E-state index in [1.54, 1.807) is 0 Å². The first-order valence-corrected chi connectivity index (χ1v) is 7.42. The van der Waals surface area contributed by atoms with Gasteiger partial charge in [-0.3, -0.25) is 4.90 Å². The van der Waals surface area contributed by atoms with Gasteiger partial charge in [0.05, 0.1) is 25.4 Å². The highest BCUT2D eigenvalue weighted by molar-refractivity contribution is 4.92. The minimum atomic E-state index is -0.342. The molecule has 1 aliphatic carbocycles. The van der Waals surface area contributed by atoms with Gasteiger partial charge in [-0.05, 0) is 38.0 Å². The van der Waals surface area contributed by atoms with Crippen LogP contribution in [0.15, 0.2) is 0 Å². The highest BCUT2D eigenvalue weighted by atomic mass is 16.5. The molecule has 2 heterocycles. The number of hydrogen-bond donors (Lipinski definition) is 1. The molecule has 0 aromatic rings. The summed E-state index contributed by atoms with van der Waals surface area (Å²) in [7, 11) is 0. The Morgan fingerprint density at radius 1 is 1.33 bits per heavy atom. The molecule has 104 valence electrons. The first-order chi connectivity index (χ1) is 8.81. The number of β-amino-alcohol motifs (C(OH)–C–C–N with tert-alkyl or cyclic N) is 1. The van der Waals surface area contributed by atoms with Gasteiger partial charge in [0, 0.05) is 25.7 Å². The zero-order chi connectivity index (χ0) is 12.4. The molecule has 2 bridgehead atoms. The first kappa shape index (κ1) is 12.9. The topological polar surface area (TPSA) is 41.9 Å². The Morgan fingerprint density at radius 2 is 2.28 bits per heavy atom. The van der Waals surface area contributed by atoms with E-state index in [0.717, 1.165) is 38.0 Å². The minimum absolute atomic E-state index is 0.264. The van der Waals surface area contributed by atoms with E-state index in [1.165, 1.54) is 25.8 Å². The van der Waals surface area contributed by atoms with Crippen molar-refractivity contribution in [3.05, 3.63) is 0 Å². The molecule has 4 heteroatoms. The molecule has 3 aliphatic rings. The van der Waals surface area contributed by atoms with Crippen LogP contribution in [0.25, 0.3) is 0 Å². The number of piperidine rings is 1. The summed E-state index contributed by atoms with van der Waals surface area (Å²) in [6.07, 6.45) is 6.25. The van der Waals surface area contributed by atoms with Crippen molar-refractivity contribution >= 4 is 0 Å². The number of aliphatic hydroxyl groups excluding tert-OH is 1. The maximum atomic E-state index is 10.0. The Kier molecular flexibility index (Phi) is 4.19. The molecular formula is C14H25NO3. The van der Waals surface area contributed by atoms with Gasteiger partial charge in [0.25, 0.3) is 0 Å². The largest absolute Gasteiger partial charge is 0.389 e. The fraction of sp³-hybridized carbons (Fsp3) is 1.00. The Labute approximate surface area is 109 Å². The van der Waals surface area contributed by atoms with Gasteiger partial charge >= 0.3 is 0 Å². The van der Waals surface area contributed by atoms with E-state index < -0.39 is 0 Å². The van der Waals surface area contributed by atoms with Crippen molar-refractivity contribution in [1.82, 2.24) is 4.90 Å². The third-order valence-corrected chi connectivity index (χ3v) is 4.61. The second kappa shape index (κ2) is 5.87. The summed E-state index contributed by atoms with van der Waals surface area (Å²) >= 11 is 0. The fourth-order valence-corrected chi connectivity index (χ4v) is 3.69. The van der Waals surface area contributed by atoms with Gasteiger partial charge in [-0.15, -0.1) is 0 Å². The predicted octanol–water partition coefficient (Wildman–Crippen LogP) is 1.03. The van der Waals surface area contributed by atoms with E-state index in [-0.39, 0.29) is 12.2 Å². The van der Waals surface area contributed by atoms with Crippen molar-refractivity contribution < 1.29 is 14.6 Å². The summed E-state index contributed by atoms with van der Waals surface area (Å²) < 4.78 is 11.1. The molecule has 1 saturated carbocycles. The Balaban J connectivity index is 1.31. The summed E-state index contributed by atoms with van der Waals surface area (Å²) in [5.41, 5.74) is 0. The van der Waals surface area contributed by atoms with Crippen LogP contribution in [0, 0.1) is 5.92 Å². The smallest absolute Gasteiger partial charge is 0.0900 e. The lowest BCUT2D eigenvalue weighted by Gasteiger charge is -2.28. The van der Waals surface area contributed by atoms with Crippen LogP contribution in [0.5, 0.6) is 0 Å². The summed E-state index contributed by atoms with van der Waals surface area (Å²) in [5.74, 6) is 0.898. The van der Waals surface area contributed by atoms with Crippen LogP contribution < -0.4 is 0 Å². The number of hydrogen-bond acceptors (Lipinski definition) is 4. The van der Waals surface area contributed by atoms with Crippen LogP contribution in [0.1, 0.15) is 32.1 Å². The molecule has 4 atom stereocenters. The lowest BCUT2D eigenvalue weighted by atomic mass is 10.1. The quantitative estimate of drug-likeness (QED) is 0.769. The maximum absolute atomic E-state index is 10.0. The van der Waals surface area contributed by atoms with E-state index in [1.807, 2.05) is 0 Å². The Hall–Kier alpha value is -0.160. The highest BCUT2D eigenvalue weighted by Crippen LogP contribution is 2.37. The van der Waals surface area contributed by atoms with Crippen LogP contribution in [0.2, 0.25) is 0 Å². The molecule has 3 fully saturated rings. The van der Waals surface area contributed by atoms with E-state index in [9.17, 15) is 5.11 Å². The molecule has 0 aromatic heterocycles. The van der Waals surface area contributed by atoms with E-state index >= 15 is 0 Å². The first-order valence-electron chi connectivity index (χ1n) is 7.42. The van der Waals surface area contributed by atoms with Crippen LogP contribution in [-0.2, 0) is 9.47 Å². The van der Waals surface area contributed by atoms with Gasteiger partial charge in [0.1, 0.15) is 0 Å². The molecular weight excluding hydrogens is 230 g/mol. The molecule has 18 heavy (non-hydrogen) atoms. The van der Waals surface area contributed by atoms with Gasteiger partial charge in [0.15, 0.2) is 0 Å². The highest BCUT2D eigenvalue weighted by Gasteiger charge is 2.38. The number of likely N-dealkylation sites (tertiary alicyclic amines) is 1. The van der Waals surface area contributed by atoms with E-state index in [0.29, 0.717) is 13.2 Å². The molecule has 0 radical (unpaired) electrons. The van der Waals surface area contributed by atoms with Gasteiger partial charge in [-0.2, -0.15) is 0 Å². The van der Waals surface area contributed by atoms with Gasteiger partial charge in [0.2, 0.25) is 0 Å². The summed E-state index contributed by atoms with van der Waals surface area (Å²) in [6.45, 7) is 3.93. The summed E-state index contributed by atoms with van der Waals surface area (Å²) in [6, 6.07) is 0.739. The molecule has 2 aliphatic heterocycles. The number of rotatable bonds is 6. The molecule has 0 aromatic carbocycles. The zero-order valence-corrected chi connectivity index (χ0v) is 11.1. The van der Waals surface area contributed by atoms with Gasteiger partial charge < -0.3 is 14.6 Å². The summed E-state index contributed by atoms with van der Waals surface area (Å²) in [5, 5.41) is 10.0. The zero-order valence-electron chi connectivity index (χ0n) is 11.1. The normalized spacial score (nSPS) is 37.5. The molecule has 4 nitrogen and oxygen atoms in total. The number of aliphatic hydroxyl groups is 1. The molecule has 4 unspecified atom stereocenters. The Morgan fingerprint density at radius 3 is 2.94 bits per heavy atom. The summed E-state index contributed by atoms with van der Waals surface area (Å²) in [4.78, 5) is 2.45. The maximum Gasteiger partial charge on any atom is 0.0900 e. The number of nitrogens with zero attached hydrogens (tertiary/aromatic N) is 1. The van der Waals surface area contributed by atoms with Crippen LogP contribution >= 0.6 is 0 Å².